The molecule has 1 atom stereocenters. The number of fused-ring (bicyclic) bond motifs is 2. The van der Waals surface area contributed by atoms with Crippen LogP contribution in [0.15, 0.2) is 48.7 Å². The number of carbonyl (C=O) groups excluding carboxylic acids is 2. The lowest BCUT2D eigenvalue weighted by atomic mass is 9.75. The van der Waals surface area contributed by atoms with Crippen molar-refractivity contribution in [3.05, 3.63) is 70.9 Å². The van der Waals surface area contributed by atoms with E-state index in [1.807, 2.05) is 44.2 Å². The Morgan fingerprint density at radius 1 is 1.25 bits per heavy atom. The van der Waals surface area contributed by atoms with Crippen LogP contribution in [-0.2, 0) is 27.4 Å². The Balaban J connectivity index is 1.45. The van der Waals surface area contributed by atoms with Gasteiger partial charge in [-0.3, -0.25) is 9.78 Å². The lowest BCUT2D eigenvalue weighted by molar-refractivity contribution is -0.148. The second-order valence-electron chi connectivity index (χ2n) is 8.31. The minimum Gasteiger partial charge on any atom is -0.459 e. The summed E-state index contributed by atoms with van der Waals surface area (Å²) < 4.78 is 10.8. The molecule has 0 saturated carbocycles. The topological polar surface area (TPSA) is 97.8 Å². The van der Waals surface area contributed by atoms with E-state index in [9.17, 15) is 14.6 Å². The number of nitrogens with zero attached hydrogens (tertiary/aromatic N) is 1. The van der Waals surface area contributed by atoms with Crippen LogP contribution >= 0.6 is 0 Å². The fraction of sp³-hybridized carbons (Fsp3) is 0.292. The molecule has 0 radical (unpaired) electrons. The number of hydrogen-bond donors (Lipinski definition) is 2. The normalized spacial score (nSPS) is 13.8. The second-order valence-corrected chi connectivity index (χ2v) is 8.31. The molecule has 2 N–H and O–H groups in total. The van der Waals surface area contributed by atoms with Crippen LogP contribution in [0.25, 0.3) is 10.9 Å². The number of nitrogens with one attached hydrogen (secondary N) is 1. The fourth-order valence-corrected chi connectivity index (χ4v) is 3.93. The highest BCUT2D eigenvalue weighted by Gasteiger charge is 2.32. The summed E-state index contributed by atoms with van der Waals surface area (Å²) in [4.78, 5) is 30.1. The van der Waals surface area contributed by atoms with E-state index in [4.69, 9.17) is 9.39 Å². The number of amides is 1. The molecule has 0 saturated heterocycles. The second kappa shape index (κ2) is 9.10. The summed E-state index contributed by atoms with van der Waals surface area (Å²) in [6, 6.07) is 12.1. The van der Waals surface area contributed by atoms with E-state index in [1.165, 1.54) is 0 Å². The number of ether oxygens (including phenoxy) is 1. The number of esters is 1. The van der Waals surface area contributed by atoms with Crippen molar-refractivity contribution in [2.24, 2.45) is 5.92 Å². The minimum absolute atomic E-state index is 0.101. The summed E-state index contributed by atoms with van der Waals surface area (Å²) in [5.74, 6) is -1.06. The highest BCUT2D eigenvalue weighted by atomic mass is 16.5. The number of benzene rings is 2. The van der Waals surface area contributed by atoms with Crippen molar-refractivity contribution in [2.75, 3.05) is 0 Å². The average molecular weight is 432 g/mol. The molecule has 0 bridgehead atoms. The molecular weight excluding hydrogens is 407 g/mol. The molecule has 4 rings (SSSR count). The summed E-state index contributed by atoms with van der Waals surface area (Å²) in [7, 11) is -1.04. The number of hydrogen-bond acceptors (Lipinski definition) is 6. The van der Waals surface area contributed by atoms with Crippen LogP contribution in [-0.4, -0.2) is 35.0 Å². The highest BCUT2D eigenvalue weighted by Crippen LogP contribution is 2.18. The van der Waals surface area contributed by atoms with Gasteiger partial charge in [0.05, 0.1) is 12.1 Å². The van der Waals surface area contributed by atoms with Crippen LogP contribution in [0.1, 0.15) is 40.9 Å². The Morgan fingerprint density at radius 2 is 2.06 bits per heavy atom. The van der Waals surface area contributed by atoms with Crippen LogP contribution in [0.2, 0.25) is 0 Å². The van der Waals surface area contributed by atoms with E-state index in [1.54, 1.807) is 25.3 Å². The molecule has 0 unspecified atom stereocenters. The zero-order valence-electron chi connectivity index (χ0n) is 18.3. The Labute approximate surface area is 186 Å². The maximum Gasteiger partial charge on any atom is 0.492 e. The molecule has 0 spiro atoms. The molecule has 164 valence electrons. The lowest BCUT2D eigenvalue weighted by Gasteiger charge is -2.22. The van der Waals surface area contributed by atoms with Crippen molar-refractivity contribution in [3.63, 3.8) is 0 Å². The van der Waals surface area contributed by atoms with Gasteiger partial charge in [0.25, 0.3) is 5.91 Å². The number of carbonyl (C=O) groups is 2. The Kier molecular flexibility index (Phi) is 6.25. The first-order chi connectivity index (χ1) is 15.3. The molecule has 1 amide bonds. The van der Waals surface area contributed by atoms with Gasteiger partial charge in [-0.25, -0.2) is 4.79 Å². The van der Waals surface area contributed by atoms with E-state index in [0.29, 0.717) is 23.2 Å². The molecule has 8 heteroatoms. The number of pyridine rings is 1. The van der Waals surface area contributed by atoms with Crippen molar-refractivity contribution >= 4 is 35.4 Å². The van der Waals surface area contributed by atoms with Gasteiger partial charge in [0.15, 0.2) is 0 Å². The lowest BCUT2D eigenvalue weighted by Crippen LogP contribution is -2.46. The van der Waals surface area contributed by atoms with Gasteiger partial charge in [0.1, 0.15) is 12.6 Å². The van der Waals surface area contributed by atoms with Crippen LogP contribution < -0.4 is 10.8 Å². The molecular formula is C24H25BN2O5. The monoisotopic (exact) mass is 432 g/mol. The number of aromatic nitrogens is 1. The van der Waals surface area contributed by atoms with Gasteiger partial charge in [0.2, 0.25) is 0 Å². The molecule has 1 aliphatic heterocycles. The predicted octanol–water partition coefficient (Wildman–Crippen LogP) is 2.26. The Bertz CT molecular complexity index is 1180. The molecule has 2 aromatic carbocycles. The maximum absolute atomic E-state index is 13.0. The minimum atomic E-state index is -1.04. The quantitative estimate of drug-likeness (QED) is 0.458. The zero-order chi connectivity index (χ0) is 22.8. The van der Waals surface area contributed by atoms with Gasteiger partial charge < -0.3 is 19.7 Å². The Morgan fingerprint density at radius 3 is 2.84 bits per heavy atom. The van der Waals surface area contributed by atoms with Gasteiger partial charge in [0, 0.05) is 17.1 Å². The van der Waals surface area contributed by atoms with E-state index in [0.717, 1.165) is 22.0 Å². The van der Waals surface area contributed by atoms with Crippen molar-refractivity contribution in [2.45, 2.75) is 40.0 Å². The summed E-state index contributed by atoms with van der Waals surface area (Å²) >= 11 is 0. The first kappa shape index (κ1) is 22.0. The van der Waals surface area contributed by atoms with E-state index < -0.39 is 25.0 Å². The molecule has 3 aromatic rings. The molecule has 1 aliphatic rings. The average Bonchev–Trinajstić information content (AvgIpc) is 3.17. The number of rotatable bonds is 6. The van der Waals surface area contributed by atoms with Crippen molar-refractivity contribution in [3.8, 4) is 0 Å². The van der Waals surface area contributed by atoms with Gasteiger partial charge in [-0.1, -0.05) is 32.0 Å². The predicted molar refractivity (Wildman–Crippen MR) is 121 cm³/mol. The standard InChI is InChI=1S/C24H25BN2O5/c1-14(2)22(24(29)31-12-16-6-9-20-17(11-16)5-4-10-26-20)27-23(28)19-8-7-18-13-32-25(30)21(18)15(19)3/h4-11,14,22,30H,12-13H2,1-3H3,(H,27,28)/t22-/m0/s1. The van der Waals surface area contributed by atoms with Crippen molar-refractivity contribution in [1.82, 2.24) is 10.3 Å². The summed E-state index contributed by atoms with van der Waals surface area (Å²) in [5.41, 5.74) is 4.23. The smallest absolute Gasteiger partial charge is 0.459 e. The summed E-state index contributed by atoms with van der Waals surface area (Å²) in [6.45, 7) is 5.88. The zero-order valence-corrected chi connectivity index (χ0v) is 18.3. The third kappa shape index (κ3) is 4.37. The molecule has 1 aromatic heterocycles. The van der Waals surface area contributed by atoms with Crippen LogP contribution in [0.3, 0.4) is 0 Å². The largest absolute Gasteiger partial charge is 0.492 e. The first-order valence-electron chi connectivity index (χ1n) is 10.6. The summed E-state index contributed by atoms with van der Waals surface area (Å²) in [6.07, 6.45) is 1.73. The molecule has 32 heavy (non-hydrogen) atoms. The SMILES string of the molecule is Cc1c(C(=O)N[C@H](C(=O)OCc2ccc3ncccc3c2)C(C)C)ccc2c1B(O)OC2. The highest BCUT2D eigenvalue weighted by molar-refractivity contribution is 6.62. The van der Waals surface area contributed by atoms with Gasteiger partial charge in [-0.05, 0) is 59.3 Å². The third-order valence-electron chi connectivity index (χ3n) is 5.75. The van der Waals surface area contributed by atoms with E-state index >= 15 is 0 Å². The molecule has 7 nitrogen and oxygen atoms in total. The van der Waals surface area contributed by atoms with Gasteiger partial charge in [-0.2, -0.15) is 0 Å². The fourth-order valence-electron chi connectivity index (χ4n) is 3.93. The van der Waals surface area contributed by atoms with E-state index in [2.05, 4.69) is 10.3 Å². The summed E-state index contributed by atoms with van der Waals surface area (Å²) in [5, 5.41) is 13.8. The van der Waals surface area contributed by atoms with Crippen molar-refractivity contribution < 1.29 is 24.0 Å². The van der Waals surface area contributed by atoms with E-state index in [-0.39, 0.29) is 12.5 Å². The Hall–Kier alpha value is -3.23. The van der Waals surface area contributed by atoms with Crippen LogP contribution in [0.5, 0.6) is 0 Å². The third-order valence-corrected chi connectivity index (χ3v) is 5.75. The van der Waals surface area contributed by atoms with Crippen molar-refractivity contribution in [1.29, 1.82) is 0 Å². The van der Waals surface area contributed by atoms with Crippen LogP contribution in [0.4, 0.5) is 0 Å². The van der Waals surface area contributed by atoms with Crippen LogP contribution in [0, 0.1) is 12.8 Å². The van der Waals surface area contributed by atoms with Gasteiger partial charge in [-0.15, -0.1) is 0 Å². The maximum atomic E-state index is 13.0. The first-order valence-corrected chi connectivity index (χ1v) is 10.6. The van der Waals surface area contributed by atoms with Gasteiger partial charge >= 0.3 is 13.1 Å². The molecule has 2 heterocycles. The molecule has 0 fully saturated rings. The molecule has 0 aliphatic carbocycles.